The Labute approximate surface area is 146 Å². The third-order valence-corrected chi connectivity index (χ3v) is 5.88. The molecule has 1 unspecified atom stereocenters. The Morgan fingerprint density at radius 3 is 2.79 bits per heavy atom. The number of benzene rings is 1. The molecule has 2 aliphatic rings. The van der Waals surface area contributed by atoms with Crippen LogP contribution in [-0.4, -0.2) is 10.7 Å². The molecule has 0 bridgehead atoms. The maximum atomic E-state index is 10.8. The van der Waals surface area contributed by atoms with Crippen LogP contribution in [0, 0.1) is 5.92 Å². The molecule has 0 saturated heterocycles. The summed E-state index contributed by atoms with van der Waals surface area (Å²) in [5.41, 5.74) is 3.52. The highest BCUT2D eigenvalue weighted by Crippen LogP contribution is 2.53. The fourth-order valence-electron chi connectivity index (χ4n) is 4.63. The summed E-state index contributed by atoms with van der Waals surface area (Å²) < 4.78 is 6.42. The first kappa shape index (κ1) is 17.4. The molecule has 0 saturated carbocycles. The Hall–Kier alpha value is -1.44. The highest BCUT2D eigenvalue weighted by atomic mass is 16.5. The van der Waals surface area contributed by atoms with Gasteiger partial charge in [-0.1, -0.05) is 31.4 Å². The highest BCUT2D eigenvalue weighted by molar-refractivity contribution is 5.52. The lowest BCUT2D eigenvalue weighted by molar-refractivity contribution is 0.00641. The third-order valence-electron chi connectivity index (χ3n) is 5.88. The number of unbranched alkanes of at least 4 members (excludes halogenated alkanes) is 2. The summed E-state index contributed by atoms with van der Waals surface area (Å²) in [6.45, 7) is 8.88. The Morgan fingerprint density at radius 2 is 2.04 bits per heavy atom. The molecule has 1 heterocycles. The predicted molar refractivity (Wildman–Crippen MR) is 99.9 cm³/mol. The fourth-order valence-corrected chi connectivity index (χ4v) is 4.63. The molecule has 2 nitrogen and oxygen atoms in total. The van der Waals surface area contributed by atoms with Gasteiger partial charge in [-0.25, -0.2) is 0 Å². The first-order valence-corrected chi connectivity index (χ1v) is 9.62. The van der Waals surface area contributed by atoms with Crippen molar-refractivity contribution in [1.29, 1.82) is 0 Å². The summed E-state index contributed by atoms with van der Waals surface area (Å²) in [6, 6.07) is 4.17. The normalized spacial score (nSPS) is 25.1. The van der Waals surface area contributed by atoms with Crippen LogP contribution in [0.3, 0.4) is 0 Å². The Kier molecular flexibility index (Phi) is 4.94. The summed E-state index contributed by atoms with van der Waals surface area (Å²) in [7, 11) is 0. The van der Waals surface area contributed by atoms with Crippen LogP contribution in [0.15, 0.2) is 23.8 Å². The van der Waals surface area contributed by atoms with E-state index in [0.717, 1.165) is 37.0 Å². The first-order chi connectivity index (χ1) is 11.4. The molecular formula is C22H32O2. The number of aromatic hydroxyl groups is 1. The molecule has 1 aromatic carbocycles. The van der Waals surface area contributed by atoms with Crippen LogP contribution in [0.1, 0.15) is 83.3 Å². The lowest BCUT2D eigenvalue weighted by atomic mass is 9.70. The van der Waals surface area contributed by atoms with Gasteiger partial charge in [0.2, 0.25) is 0 Å². The van der Waals surface area contributed by atoms with Gasteiger partial charge in [0, 0.05) is 17.4 Å². The number of hydrogen-bond acceptors (Lipinski definition) is 2. The minimum absolute atomic E-state index is 0.176. The largest absolute Gasteiger partial charge is 0.508 e. The van der Waals surface area contributed by atoms with E-state index in [-0.39, 0.29) is 5.60 Å². The smallest absolute Gasteiger partial charge is 0.127 e. The van der Waals surface area contributed by atoms with Gasteiger partial charge in [0.15, 0.2) is 0 Å². The van der Waals surface area contributed by atoms with E-state index in [1.54, 1.807) is 0 Å². The molecule has 0 amide bonds. The molecule has 1 aliphatic carbocycles. The van der Waals surface area contributed by atoms with Gasteiger partial charge in [0.25, 0.3) is 0 Å². The summed E-state index contributed by atoms with van der Waals surface area (Å²) in [4.78, 5) is 0. The van der Waals surface area contributed by atoms with E-state index in [1.807, 2.05) is 6.07 Å². The standard InChI is InChI=1S/C22H32O2/c1-5-6-7-10-16-13-19(23)21-17-12-15(2)9-8-11-18(17)22(3,4)24-20(21)14-16/h9,13-14,17-18,23H,5-8,10-12H2,1-4H3/t17?,18-/m1/s1. The number of phenolic OH excluding ortho intramolecular Hbond substituents is 1. The molecule has 1 aromatic rings. The van der Waals surface area contributed by atoms with Gasteiger partial charge in [0.1, 0.15) is 17.1 Å². The van der Waals surface area contributed by atoms with Gasteiger partial charge in [-0.2, -0.15) is 0 Å². The van der Waals surface area contributed by atoms with Crippen LogP contribution >= 0.6 is 0 Å². The predicted octanol–water partition coefficient (Wildman–Crippen LogP) is 6.13. The highest BCUT2D eigenvalue weighted by Gasteiger charge is 2.45. The second kappa shape index (κ2) is 6.82. The Bertz CT molecular complexity index is 627. The monoisotopic (exact) mass is 328 g/mol. The van der Waals surface area contributed by atoms with Crippen molar-refractivity contribution in [1.82, 2.24) is 0 Å². The van der Waals surface area contributed by atoms with E-state index in [4.69, 9.17) is 4.74 Å². The summed E-state index contributed by atoms with van der Waals surface area (Å²) in [5.74, 6) is 2.18. The number of ether oxygens (including phenoxy) is 1. The van der Waals surface area contributed by atoms with Gasteiger partial charge in [-0.05, 0) is 70.6 Å². The van der Waals surface area contributed by atoms with Crippen LogP contribution in [0.25, 0.3) is 0 Å². The molecule has 0 aromatic heterocycles. The molecule has 0 radical (unpaired) electrons. The number of fused-ring (bicyclic) bond motifs is 3. The zero-order chi connectivity index (χ0) is 17.3. The van der Waals surface area contributed by atoms with E-state index in [1.165, 1.54) is 30.4 Å². The molecule has 1 aliphatic heterocycles. The van der Waals surface area contributed by atoms with Crippen LogP contribution < -0.4 is 4.74 Å². The molecule has 132 valence electrons. The van der Waals surface area contributed by atoms with Crippen molar-refractivity contribution < 1.29 is 9.84 Å². The van der Waals surface area contributed by atoms with Crippen LogP contribution in [-0.2, 0) is 6.42 Å². The number of aryl methyl sites for hydroxylation is 1. The molecule has 0 spiro atoms. The number of phenols is 1. The average molecular weight is 328 g/mol. The fraction of sp³-hybridized carbons (Fsp3) is 0.636. The van der Waals surface area contributed by atoms with E-state index >= 15 is 0 Å². The topological polar surface area (TPSA) is 29.5 Å². The van der Waals surface area contributed by atoms with Crippen molar-refractivity contribution in [3.05, 3.63) is 34.9 Å². The average Bonchev–Trinajstić information content (AvgIpc) is 2.68. The van der Waals surface area contributed by atoms with Crippen molar-refractivity contribution in [2.45, 2.75) is 84.2 Å². The Morgan fingerprint density at radius 1 is 1.25 bits per heavy atom. The van der Waals surface area contributed by atoms with Gasteiger partial charge in [0.05, 0.1) is 0 Å². The van der Waals surface area contributed by atoms with E-state index in [2.05, 4.69) is 39.8 Å². The lowest BCUT2D eigenvalue weighted by Gasteiger charge is -2.45. The SMILES string of the molecule is CCCCCc1cc(O)c2c(c1)OC(C)(C)[C@@H]1CCC=C(C)CC21. The van der Waals surface area contributed by atoms with E-state index < -0.39 is 0 Å². The quantitative estimate of drug-likeness (QED) is 0.532. The van der Waals surface area contributed by atoms with Crippen molar-refractivity contribution in [3.8, 4) is 11.5 Å². The summed E-state index contributed by atoms with van der Waals surface area (Å²) in [6.07, 6.45) is 10.3. The second-order valence-corrected chi connectivity index (χ2v) is 8.23. The molecule has 0 fully saturated rings. The van der Waals surface area contributed by atoms with Crippen molar-refractivity contribution in [2.75, 3.05) is 0 Å². The first-order valence-electron chi connectivity index (χ1n) is 9.62. The van der Waals surface area contributed by atoms with Crippen molar-refractivity contribution in [3.63, 3.8) is 0 Å². The Balaban J connectivity index is 1.98. The minimum atomic E-state index is -0.176. The maximum absolute atomic E-state index is 10.8. The molecule has 3 rings (SSSR count). The van der Waals surface area contributed by atoms with Crippen molar-refractivity contribution >= 4 is 0 Å². The van der Waals surface area contributed by atoms with Gasteiger partial charge in [-0.3, -0.25) is 0 Å². The van der Waals surface area contributed by atoms with Gasteiger partial charge in [-0.15, -0.1) is 0 Å². The lowest BCUT2D eigenvalue weighted by Crippen LogP contribution is -2.44. The number of rotatable bonds is 4. The zero-order valence-electron chi connectivity index (χ0n) is 15.7. The maximum Gasteiger partial charge on any atom is 0.127 e. The molecule has 2 atom stereocenters. The van der Waals surface area contributed by atoms with Crippen LogP contribution in [0.5, 0.6) is 11.5 Å². The molecule has 2 heteroatoms. The third kappa shape index (κ3) is 3.34. The summed E-state index contributed by atoms with van der Waals surface area (Å²) >= 11 is 0. The zero-order valence-corrected chi connectivity index (χ0v) is 15.7. The second-order valence-electron chi connectivity index (χ2n) is 8.23. The minimum Gasteiger partial charge on any atom is -0.508 e. The number of allylic oxidation sites excluding steroid dienone is 2. The van der Waals surface area contributed by atoms with E-state index in [9.17, 15) is 5.11 Å². The number of hydrogen-bond donors (Lipinski definition) is 1. The molecule has 1 N–H and O–H groups in total. The van der Waals surface area contributed by atoms with Gasteiger partial charge < -0.3 is 9.84 Å². The van der Waals surface area contributed by atoms with Gasteiger partial charge >= 0.3 is 0 Å². The molecule has 24 heavy (non-hydrogen) atoms. The van der Waals surface area contributed by atoms with E-state index in [0.29, 0.717) is 17.6 Å². The van der Waals surface area contributed by atoms with Crippen LogP contribution in [0.4, 0.5) is 0 Å². The summed E-state index contributed by atoms with van der Waals surface area (Å²) in [5, 5.41) is 10.8. The molecular weight excluding hydrogens is 296 g/mol. The van der Waals surface area contributed by atoms with Crippen molar-refractivity contribution in [2.24, 2.45) is 5.92 Å². The van der Waals surface area contributed by atoms with Crippen LogP contribution in [0.2, 0.25) is 0 Å².